The van der Waals surface area contributed by atoms with Crippen molar-refractivity contribution in [3.05, 3.63) is 83.9 Å². The molecule has 1 N–H and O–H groups in total. The third kappa shape index (κ3) is 4.29. The first-order valence-corrected chi connectivity index (χ1v) is 9.32. The van der Waals surface area contributed by atoms with E-state index in [4.69, 9.17) is 0 Å². The highest BCUT2D eigenvalue weighted by atomic mass is 19.1. The van der Waals surface area contributed by atoms with E-state index in [1.807, 2.05) is 30.3 Å². The minimum absolute atomic E-state index is 0.149. The molecule has 1 aromatic heterocycles. The predicted molar refractivity (Wildman–Crippen MR) is 105 cm³/mol. The highest BCUT2D eigenvalue weighted by Gasteiger charge is 2.32. The van der Waals surface area contributed by atoms with Gasteiger partial charge in [-0.15, -0.1) is 0 Å². The monoisotopic (exact) mass is 390 g/mol. The smallest absolute Gasteiger partial charge is 0.255 e. The highest BCUT2D eigenvalue weighted by Crippen LogP contribution is 2.17. The zero-order valence-electron chi connectivity index (χ0n) is 15.6. The number of carbonyl (C=O) groups excluding carboxylic acids is 2. The Balaban J connectivity index is 1.37. The van der Waals surface area contributed by atoms with E-state index in [1.165, 1.54) is 24.5 Å². The van der Waals surface area contributed by atoms with Crippen LogP contribution in [0.5, 0.6) is 0 Å². The second-order valence-electron chi connectivity index (χ2n) is 6.86. The van der Waals surface area contributed by atoms with Crippen LogP contribution in [0.1, 0.15) is 22.3 Å². The van der Waals surface area contributed by atoms with Gasteiger partial charge in [0, 0.05) is 31.0 Å². The molecule has 0 aliphatic carbocycles. The Hall–Kier alpha value is -3.61. The molecule has 0 unspecified atom stereocenters. The van der Waals surface area contributed by atoms with Crippen LogP contribution >= 0.6 is 0 Å². The van der Waals surface area contributed by atoms with Crippen molar-refractivity contribution < 1.29 is 14.0 Å². The van der Waals surface area contributed by atoms with Crippen LogP contribution in [-0.4, -0.2) is 39.3 Å². The Bertz CT molecular complexity index is 1010. The third-order valence-electron chi connectivity index (χ3n) is 4.84. The summed E-state index contributed by atoms with van der Waals surface area (Å²) in [6, 6.07) is 14.9. The van der Waals surface area contributed by atoms with E-state index in [1.54, 1.807) is 17.0 Å². The number of halogens is 1. The molecule has 0 saturated carbocycles. The molecule has 7 heteroatoms. The maximum Gasteiger partial charge on any atom is 0.255 e. The van der Waals surface area contributed by atoms with E-state index in [9.17, 15) is 14.0 Å². The Morgan fingerprint density at radius 2 is 1.76 bits per heavy atom. The van der Waals surface area contributed by atoms with E-state index in [2.05, 4.69) is 15.3 Å². The van der Waals surface area contributed by atoms with Crippen molar-refractivity contribution in [1.82, 2.24) is 20.2 Å². The molecule has 0 spiro atoms. The Morgan fingerprint density at radius 3 is 2.45 bits per heavy atom. The summed E-state index contributed by atoms with van der Waals surface area (Å²) < 4.78 is 13.0. The first-order valence-electron chi connectivity index (χ1n) is 9.32. The fourth-order valence-corrected chi connectivity index (χ4v) is 3.26. The van der Waals surface area contributed by atoms with Gasteiger partial charge in [-0.25, -0.2) is 14.4 Å². The van der Waals surface area contributed by atoms with Crippen molar-refractivity contribution in [2.45, 2.75) is 19.0 Å². The van der Waals surface area contributed by atoms with Crippen LogP contribution in [0.4, 0.5) is 4.39 Å². The van der Waals surface area contributed by atoms with E-state index in [0.29, 0.717) is 30.9 Å². The molecule has 0 bridgehead atoms. The molecular formula is C22H19FN4O2. The summed E-state index contributed by atoms with van der Waals surface area (Å²) in [6.07, 6.45) is 3.44. The first-order chi connectivity index (χ1) is 14.1. The van der Waals surface area contributed by atoms with Gasteiger partial charge >= 0.3 is 0 Å². The minimum Gasteiger partial charge on any atom is -0.340 e. The molecule has 146 valence electrons. The molecule has 2 heterocycles. The fourth-order valence-electron chi connectivity index (χ4n) is 3.26. The van der Waals surface area contributed by atoms with Gasteiger partial charge in [0.1, 0.15) is 11.9 Å². The van der Waals surface area contributed by atoms with Crippen LogP contribution < -0.4 is 5.32 Å². The lowest BCUT2D eigenvalue weighted by atomic mass is 10.2. The lowest BCUT2D eigenvalue weighted by molar-refractivity contribution is -0.129. The van der Waals surface area contributed by atoms with Gasteiger partial charge in [0.15, 0.2) is 5.82 Å². The van der Waals surface area contributed by atoms with Crippen molar-refractivity contribution in [2.75, 3.05) is 6.54 Å². The van der Waals surface area contributed by atoms with Crippen molar-refractivity contribution >= 4 is 11.8 Å². The fraction of sp³-hybridized carbons (Fsp3) is 0.182. The molecule has 3 aromatic rings. The number of likely N-dealkylation sites (tertiary alicyclic amines) is 1. The summed E-state index contributed by atoms with van der Waals surface area (Å²) >= 11 is 0. The van der Waals surface area contributed by atoms with Crippen LogP contribution in [0.25, 0.3) is 11.4 Å². The molecule has 2 amide bonds. The van der Waals surface area contributed by atoms with E-state index < -0.39 is 6.04 Å². The molecule has 1 aliphatic heterocycles. The molecule has 6 nitrogen and oxygen atoms in total. The summed E-state index contributed by atoms with van der Waals surface area (Å²) in [5.74, 6) is -0.312. The number of amides is 2. The van der Waals surface area contributed by atoms with Crippen molar-refractivity contribution in [2.24, 2.45) is 0 Å². The lowest BCUT2D eigenvalue weighted by Crippen LogP contribution is -2.41. The molecule has 1 saturated heterocycles. The molecule has 4 rings (SSSR count). The number of carbonyl (C=O) groups is 2. The van der Waals surface area contributed by atoms with Crippen LogP contribution in [0, 0.1) is 5.82 Å². The molecule has 1 aliphatic rings. The van der Waals surface area contributed by atoms with Gasteiger partial charge in [0.2, 0.25) is 5.91 Å². The van der Waals surface area contributed by atoms with Gasteiger partial charge in [-0.05, 0) is 24.1 Å². The van der Waals surface area contributed by atoms with Crippen LogP contribution in [-0.2, 0) is 11.3 Å². The largest absolute Gasteiger partial charge is 0.340 e. The maximum atomic E-state index is 13.0. The number of benzene rings is 2. The van der Waals surface area contributed by atoms with Gasteiger partial charge in [-0.2, -0.15) is 0 Å². The average molecular weight is 390 g/mol. The van der Waals surface area contributed by atoms with Gasteiger partial charge in [-0.1, -0.05) is 42.5 Å². The van der Waals surface area contributed by atoms with Crippen LogP contribution in [0.15, 0.2) is 67.0 Å². The molecule has 29 heavy (non-hydrogen) atoms. The predicted octanol–water partition coefficient (Wildman–Crippen LogP) is 2.81. The van der Waals surface area contributed by atoms with Crippen molar-refractivity contribution in [1.29, 1.82) is 0 Å². The Morgan fingerprint density at radius 1 is 1.07 bits per heavy atom. The van der Waals surface area contributed by atoms with Gasteiger partial charge in [0.25, 0.3) is 5.91 Å². The Kier molecular flexibility index (Phi) is 5.29. The summed E-state index contributed by atoms with van der Waals surface area (Å²) in [5, 5.41) is 2.76. The second-order valence-corrected chi connectivity index (χ2v) is 6.86. The second kappa shape index (κ2) is 8.18. The average Bonchev–Trinajstić information content (AvgIpc) is 3.09. The number of nitrogens with one attached hydrogen (secondary N) is 1. The minimum atomic E-state index is -0.586. The molecule has 1 fully saturated rings. The molecule has 1 atom stereocenters. The van der Waals surface area contributed by atoms with Crippen LogP contribution in [0.2, 0.25) is 0 Å². The Labute approximate surface area is 167 Å². The van der Waals surface area contributed by atoms with Gasteiger partial charge < -0.3 is 10.2 Å². The normalized spacial score (nSPS) is 16.1. The number of hydrogen-bond donors (Lipinski definition) is 1. The number of aromatic nitrogens is 2. The van der Waals surface area contributed by atoms with E-state index in [0.717, 1.165) is 11.1 Å². The number of hydrogen-bond acceptors (Lipinski definition) is 4. The van der Waals surface area contributed by atoms with Gasteiger partial charge in [-0.3, -0.25) is 9.59 Å². The number of rotatable bonds is 5. The summed E-state index contributed by atoms with van der Waals surface area (Å²) in [6.45, 7) is 0.922. The summed E-state index contributed by atoms with van der Waals surface area (Å²) in [5.41, 5.74) is 2.01. The maximum absolute atomic E-state index is 13.0. The molecule has 2 aromatic carbocycles. The molecular weight excluding hydrogens is 371 g/mol. The zero-order valence-corrected chi connectivity index (χ0v) is 15.6. The SMILES string of the molecule is O=C(N[C@H]1CCN(Cc2ccc(F)cc2)C1=O)c1cnc(-c2ccccc2)nc1. The summed E-state index contributed by atoms with van der Waals surface area (Å²) in [7, 11) is 0. The van der Waals surface area contributed by atoms with E-state index in [-0.39, 0.29) is 17.6 Å². The van der Waals surface area contributed by atoms with E-state index >= 15 is 0 Å². The highest BCUT2D eigenvalue weighted by molar-refractivity contribution is 5.97. The van der Waals surface area contributed by atoms with Crippen molar-refractivity contribution in [3.63, 3.8) is 0 Å². The topological polar surface area (TPSA) is 75.2 Å². The molecule has 0 radical (unpaired) electrons. The summed E-state index contributed by atoms with van der Waals surface area (Å²) in [4.78, 5) is 35.2. The first kappa shape index (κ1) is 18.7. The zero-order chi connectivity index (χ0) is 20.2. The standard InChI is InChI=1S/C22H19FN4O2/c23-18-8-6-15(7-9-18)14-27-11-10-19(22(27)29)26-21(28)17-12-24-20(25-13-17)16-4-2-1-3-5-16/h1-9,12-13,19H,10-11,14H2,(H,26,28)/t19-/m0/s1. The van der Waals surface area contributed by atoms with Crippen molar-refractivity contribution in [3.8, 4) is 11.4 Å². The van der Waals surface area contributed by atoms with Gasteiger partial charge in [0.05, 0.1) is 5.56 Å². The number of nitrogens with zero attached hydrogens (tertiary/aromatic N) is 3. The third-order valence-corrected chi connectivity index (χ3v) is 4.84. The quantitative estimate of drug-likeness (QED) is 0.727. The van der Waals surface area contributed by atoms with Crippen LogP contribution in [0.3, 0.4) is 0 Å². The lowest BCUT2D eigenvalue weighted by Gasteiger charge is -2.17.